The third kappa shape index (κ3) is 3.69. The summed E-state index contributed by atoms with van der Waals surface area (Å²) in [6.07, 6.45) is 0. The van der Waals surface area contributed by atoms with E-state index in [1.807, 2.05) is 0 Å². The molecule has 0 unspecified atom stereocenters. The summed E-state index contributed by atoms with van der Waals surface area (Å²) in [4.78, 5) is 22.6. The van der Waals surface area contributed by atoms with Gasteiger partial charge >= 0.3 is 0 Å². The van der Waals surface area contributed by atoms with Gasteiger partial charge in [-0.05, 0) is 12.1 Å². The Morgan fingerprint density at radius 3 is 2.33 bits per heavy atom. The Morgan fingerprint density at radius 2 is 1.75 bits per heavy atom. The van der Waals surface area contributed by atoms with Crippen molar-refractivity contribution >= 4 is 40.5 Å². The third-order valence-electron chi connectivity index (χ3n) is 3.13. The number of nitro benzene ring substituents is 1. The van der Waals surface area contributed by atoms with Crippen LogP contribution in [0.15, 0.2) is 30.3 Å². The number of hydrogen-bond donors (Lipinski definition) is 1. The minimum absolute atomic E-state index is 0.0534. The minimum Gasteiger partial charge on any atom is -0.495 e. The smallest absolute Gasteiger partial charge is 0.288 e. The second kappa shape index (κ2) is 7.37. The van der Waals surface area contributed by atoms with Crippen LogP contribution in [0.1, 0.15) is 10.4 Å². The van der Waals surface area contributed by atoms with E-state index in [0.29, 0.717) is 22.2 Å². The van der Waals surface area contributed by atoms with Crippen LogP contribution in [0.5, 0.6) is 11.5 Å². The topological polar surface area (TPSA) is 90.7 Å². The second-order valence-corrected chi connectivity index (χ2v) is 5.38. The van der Waals surface area contributed by atoms with Crippen molar-refractivity contribution in [3.05, 3.63) is 56.1 Å². The summed E-state index contributed by atoms with van der Waals surface area (Å²) < 4.78 is 10.3. The molecule has 0 aliphatic heterocycles. The number of amides is 1. The van der Waals surface area contributed by atoms with Crippen LogP contribution < -0.4 is 14.8 Å². The molecule has 0 radical (unpaired) electrons. The number of halogens is 2. The molecule has 0 fully saturated rings. The number of nitrogens with one attached hydrogen (secondary N) is 1. The van der Waals surface area contributed by atoms with Gasteiger partial charge in [-0.2, -0.15) is 0 Å². The summed E-state index contributed by atoms with van der Waals surface area (Å²) >= 11 is 11.7. The molecule has 0 saturated heterocycles. The second-order valence-electron chi connectivity index (χ2n) is 4.56. The highest BCUT2D eigenvalue weighted by atomic mass is 35.5. The zero-order chi connectivity index (χ0) is 17.9. The minimum atomic E-state index is -0.662. The monoisotopic (exact) mass is 370 g/mol. The molecule has 0 aliphatic carbocycles. The highest BCUT2D eigenvalue weighted by Crippen LogP contribution is 2.36. The van der Waals surface area contributed by atoms with E-state index in [4.69, 9.17) is 32.7 Å². The highest BCUT2D eigenvalue weighted by molar-refractivity contribution is 6.33. The molecule has 0 heterocycles. The van der Waals surface area contributed by atoms with Crippen molar-refractivity contribution in [2.45, 2.75) is 0 Å². The average molecular weight is 371 g/mol. The van der Waals surface area contributed by atoms with Gasteiger partial charge in [-0.15, -0.1) is 0 Å². The molecule has 2 rings (SSSR count). The SMILES string of the molecule is COc1cc(NC(=O)c2ccc(Cl)c([N+](=O)[O-])c2)c(OC)cc1Cl. The van der Waals surface area contributed by atoms with E-state index in [-0.39, 0.29) is 16.3 Å². The van der Waals surface area contributed by atoms with E-state index < -0.39 is 10.8 Å². The molecule has 2 aromatic rings. The Kier molecular flexibility index (Phi) is 5.48. The zero-order valence-corrected chi connectivity index (χ0v) is 14.1. The zero-order valence-electron chi connectivity index (χ0n) is 12.6. The predicted molar refractivity (Wildman–Crippen MR) is 90.6 cm³/mol. The largest absolute Gasteiger partial charge is 0.495 e. The lowest BCUT2D eigenvalue weighted by molar-refractivity contribution is -0.384. The number of rotatable bonds is 5. The lowest BCUT2D eigenvalue weighted by atomic mass is 10.1. The van der Waals surface area contributed by atoms with Crippen molar-refractivity contribution in [3.63, 3.8) is 0 Å². The van der Waals surface area contributed by atoms with Crippen LogP contribution in [0, 0.1) is 10.1 Å². The molecule has 126 valence electrons. The number of anilines is 1. The molecule has 0 aromatic heterocycles. The Bertz CT molecular complexity index is 811. The first-order valence-electron chi connectivity index (χ1n) is 6.54. The number of carbonyl (C=O) groups excluding carboxylic acids is 1. The summed E-state index contributed by atoms with van der Waals surface area (Å²) in [7, 11) is 2.85. The summed E-state index contributed by atoms with van der Waals surface area (Å²) in [5.74, 6) is 0.0879. The normalized spacial score (nSPS) is 10.2. The van der Waals surface area contributed by atoms with Gasteiger partial charge in [0.1, 0.15) is 16.5 Å². The van der Waals surface area contributed by atoms with Crippen LogP contribution >= 0.6 is 23.2 Å². The molecule has 7 nitrogen and oxygen atoms in total. The molecule has 0 bridgehead atoms. The molecule has 2 aromatic carbocycles. The molecule has 0 atom stereocenters. The van der Waals surface area contributed by atoms with E-state index in [9.17, 15) is 14.9 Å². The van der Waals surface area contributed by atoms with Crippen molar-refractivity contribution in [2.75, 3.05) is 19.5 Å². The number of nitrogens with zero attached hydrogens (tertiary/aromatic N) is 1. The van der Waals surface area contributed by atoms with Gasteiger partial charge in [0.05, 0.1) is 29.9 Å². The van der Waals surface area contributed by atoms with Gasteiger partial charge in [0.25, 0.3) is 11.6 Å². The Labute approximate surface area is 147 Å². The van der Waals surface area contributed by atoms with Crippen LogP contribution in [0.25, 0.3) is 0 Å². The molecular formula is C15H12Cl2N2O5. The highest BCUT2D eigenvalue weighted by Gasteiger charge is 2.18. The molecule has 9 heteroatoms. The van der Waals surface area contributed by atoms with E-state index in [2.05, 4.69) is 5.32 Å². The van der Waals surface area contributed by atoms with Crippen LogP contribution in [-0.4, -0.2) is 25.1 Å². The van der Waals surface area contributed by atoms with Gasteiger partial charge in [-0.25, -0.2) is 0 Å². The van der Waals surface area contributed by atoms with E-state index in [1.165, 1.54) is 38.5 Å². The number of nitro groups is 1. The molecule has 24 heavy (non-hydrogen) atoms. The standard InChI is InChI=1S/C15H12Cl2N2O5/c1-23-13-7-11(14(24-2)6-10(13)17)18-15(20)8-3-4-9(16)12(5-8)19(21)22/h3-7H,1-2H3,(H,18,20). The number of hydrogen-bond acceptors (Lipinski definition) is 5. The van der Waals surface area contributed by atoms with Crippen molar-refractivity contribution in [3.8, 4) is 11.5 Å². The number of carbonyl (C=O) groups is 1. The summed E-state index contributed by atoms with van der Waals surface area (Å²) in [5.41, 5.74) is 0.0217. The van der Waals surface area contributed by atoms with Gasteiger partial charge in [0.2, 0.25) is 0 Å². The Morgan fingerprint density at radius 1 is 1.08 bits per heavy atom. The quantitative estimate of drug-likeness (QED) is 0.629. The Hall–Kier alpha value is -2.51. The van der Waals surface area contributed by atoms with E-state index in [1.54, 1.807) is 0 Å². The number of methoxy groups -OCH3 is 2. The fraction of sp³-hybridized carbons (Fsp3) is 0.133. The lowest BCUT2D eigenvalue weighted by Crippen LogP contribution is -2.13. The first kappa shape index (κ1) is 17.8. The van der Waals surface area contributed by atoms with E-state index in [0.717, 1.165) is 6.07 Å². The van der Waals surface area contributed by atoms with Gasteiger partial charge in [0, 0.05) is 23.8 Å². The van der Waals surface area contributed by atoms with Crippen molar-refractivity contribution in [1.29, 1.82) is 0 Å². The third-order valence-corrected chi connectivity index (χ3v) is 3.74. The van der Waals surface area contributed by atoms with Crippen LogP contribution in [0.3, 0.4) is 0 Å². The molecule has 1 N–H and O–H groups in total. The summed E-state index contributed by atoms with van der Waals surface area (Å²) in [6.45, 7) is 0. The maximum atomic E-state index is 12.3. The van der Waals surface area contributed by atoms with Crippen LogP contribution in [0.2, 0.25) is 10.0 Å². The van der Waals surface area contributed by atoms with Gasteiger partial charge in [-0.3, -0.25) is 14.9 Å². The Balaban J connectivity index is 2.36. The number of ether oxygens (including phenoxy) is 2. The van der Waals surface area contributed by atoms with E-state index >= 15 is 0 Å². The van der Waals surface area contributed by atoms with Gasteiger partial charge in [-0.1, -0.05) is 23.2 Å². The fourth-order valence-electron chi connectivity index (χ4n) is 1.95. The molecule has 0 aliphatic rings. The lowest BCUT2D eigenvalue weighted by Gasteiger charge is -2.13. The van der Waals surface area contributed by atoms with Gasteiger partial charge in [0.15, 0.2) is 0 Å². The first-order chi connectivity index (χ1) is 11.4. The summed E-state index contributed by atoms with van der Waals surface area (Å²) in [6, 6.07) is 6.74. The molecular weight excluding hydrogens is 359 g/mol. The number of benzene rings is 2. The fourth-order valence-corrected chi connectivity index (χ4v) is 2.36. The van der Waals surface area contributed by atoms with Crippen LogP contribution in [-0.2, 0) is 0 Å². The first-order valence-corrected chi connectivity index (χ1v) is 7.29. The molecule has 0 saturated carbocycles. The molecule has 1 amide bonds. The maximum Gasteiger partial charge on any atom is 0.288 e. The average Bonchev–Trinajstić information content (AvgIpc) is 2.55. The molecule has 0 spiro atoms. The predicted octanol–water partition coefficient (Wildman–Crippen LogP) is 4.17. The maximum absolute atomic E-state index is 12.3. The van der Waals surface area contributed by atoms with Crippen LogP contribution in [0.4, 0.5) is 11.4 Å². The summed E-state index contributed by atoms with van der Waals surface area (Å²) in [5, 5.41) is 13.8. The van der Waals surface area contributed by atoms with Crippen molar-refractivity contribution in [2.24, 2.45) is 0 Å². The van der Waals surface area contributed by atoms with Crippen molar-refractivity contribution in [1.82, 2.24) is 0 Å². The van der Waals surface area contributed by atoms with Crippen molar-refractivity contribution < 1.29 is 19.2 Å². The van der Waals surface area contributed by atoms with Gasteiger partial charge < -0.3 is 14.8 Å².